The average molecular weight is 223 g/mol. The maximum Gasteiger partial charge on any atom is 0.337 e. The smallest absolute Gasteiger partial charge is 0.337 e. The highest BCUT2D eigenvalue weighted by atomic mass is 16.4. The van der Waals surface area contributed by atoms with Gasteiger partial charge < -0.3 is 15.9 Å². The zero-order valence-corrected chi connectivity index (χ0v) is 8.80. The first-order chi connectivity index (χ1) is 7.36. The largest absolute Gasteiger partial charge is 0.478 e. The third-order valence-corrected chi connectivity index (χ3v) is 1.56. The number of nitrogen functional groups attached to an aromatic ring is 1. The third-order valence-electron chi connectivity index (χ3n) is 1.56. The lowest BCUT2D eigenvalue weighted by atomic mass is 10.2. The van der Waals surface area contributed by atoms with Gasteiger partial charge in [-0.25, -0.2) is 9.59 Å². The van der Waals surface area contributed by atoms with Crippen molar-refractivity contribution in [2.24, 2.45) is 0 Å². The summed E-state index contributed by atoms with van der Waals surface area (Å²) in [7, 11) is 0. The Kier molecular flexibility index (Phi) is 5.34. The zero-order valence-electron chi connectivity index (χ0n) is 8.80. The molecule has 4 N–H and O–H groups in total. The van der Waals surface area contributed by atoms with Gasteiger partial charge in [0, 0.05) is 11.3 Å². The van der Waals surface area contributed by atoms with E-state index in [2.05, 4.69) is 6.58 Å². The fourth-order valence-electron chi connectivity index (χ4n) is 0.692. The van der Waals surface area contributed by atoms with Gasteiger partial charge in [0.1, 0.15) is 0 Å². The van der Waals surface area contributed by atoms with Gasteiger partial charge in [-0.15, -0.1) is 0 Å². The highest BCUT2D eigenvalue weighted by molar-refractivity contribution is 5.93. The molecule has 0 spiro atoms. The van der Waals surface area contributed by atoms with Gasteiger partial charge >= 0.3 is 11.9 Å². The first kappa shape index (κ1) is 13.7. The number of hydrogen-bond donors (Lipinski definition) is 3. The van der Waals surface area contributed by atoms with E-state index in [-0.39, 0.29) is 11.1 Å². The monoisotopic (exact) mass is 223 g/mol. The minimum Gasteiger partial charge on any atom is -0.478 e. The van der Waals surface area contributed by atoms with Crippen molar-refractivity contribution in [3.63, 3.8) is 0 Å². The second-order valence-electron chi connectivity index (χ2n) is 2.98. The van der Waals surface area contributed by atoms with Crippen molar-refractivity contribution in [3.8, 4) is 0 Å². The van der Waals surface area contributed by atoms with Gasteiger partial charge in [0.25, 0.3) is 0 Å². The number of anilines is 1. The van der Waals surface area contributed by atoms with Crippen molar-refractivity contribution < 1.29 is 19.8 Å². The second kappa shape index (κ2) is 6.23. The number of carboxylic acid groups (broad SMARTS) is 2. The Balaban J connectivity index is 0.000000325. The van der Waals surface area contributed by atoms with Gasteiger partial charge in [-0.1, -0.05) is 18.7 Å². The summed E-state index contributed by atoms with van der Waals surface area (Å²) in [5.41, 5.74) is 5.97. The van der Waals surface area contributed by atoms with Crippen molar-refractivity contribution in [2.75, 3.05) is 5.73 Å². The van der Waals surface area contributed by atoms with E-state index < -0.39 is 11.9 Å². The number of aliphatic carboxylic acids is 1. The molecule has 1 aromatic carbocycles. The summed E-state index contributed by atoms with van der Waals surface area (Å²) in [6, 6.07) is 6.36. The fraction of sp³-hybridized carbons (Fsp3) is 0.0909. The molecule has 0 radical (unpaired) electrons. The quantitative estimate of drug-likeness (QED) is 0.522. The molecule has 16 heavy (non-hydrogen) atoms. The zero-order chi connectivity index (χ0) is 12.7. The van der Waals surface area contributed by atoms with Crippen molar-refractivity contribution in [3.05, 3.63) is 42.0 Å². The topological polar surface area (TPSA) is 101 Å². The van der Waals surface area contributed by atoms with Crippen LogP contribution < -0.4 is 5.73 Å². The number of carbonyl (C=O) groups is 2. The lowest BCUT2D eigenvalue weighted by molar-refractivity contribution is -0.132. The van der Waals surface area contributed by atoms with Gasteiger partial charge in [-0.3, -0.25) is 0 Å². The van der Waals surface area contributed by atoms with Crippen LogP contribution in [0.25, 0.3) is 0 Å². The molecule has 0 amide bonds. The van der Waals surface area contributed by atoms with Crippen LogP contribution >= 0.6 is 0 Å². The number of nitrogens with two attached hydrogens (primary N) is 1. The van der Waals surface area contributed by atoms with Crippen LogP contribution in [0.5, 0.6) is 0 Å². The molecule has 0 fully saturated rings. The number of para-hydroxylation sites is 1. The number of benzene rings is 1. The SMILES string of the molecule is C=C(C)C(=O)O.Nc1ccccc1C(=O)O. The molecule has 0 aliphatic rings. The van der Waals surface area contributed by atoms with Crippen LogP contribution in [0, 0.1) is 0 Å². The second-order valence-corrected chi connectivity index (χ2v) is 2.98. The summed E-state index contributed by atoms with van der Waals surface area (Å²) in [5, 5.41) is 16.4. The summed E-state index contributed by atoms with van der Waals surface area (Å²) >= 11 is 0. The van der Waals surface area contributed by atoms with Crippen LogP contribution in [0.4, 0.5) is 5.69 Å². The Morgan fingerprint density at radius 2 is 1.69 bits per heavy atom. The first-order valence-electron chi connectivity index (χ1n) is 4.33. The maximum absolute atomic E-state index is 10.3. The van der Waals surface area contributed by atoms with E-state index in [1.165, 1.54) is 13.0 Å². The van der Waals surface area contributed by atoms with Gasteiger partial charge in [0.15, 0.2) is 0 Å². The molecule has 0 aliphatic heterocycles. The molecule has 1 aromatic rings. The Hall–Kier alpha value is -2.30. The van der Waals surface area contributed by atoms with Crippen molar-refractivity contribution in [1.82, 2.24) is 0 Å². The Bertz CT molecular complexity index is 400. The minimum atomic E-state index is -0.988. The molecule has 0 aromatic heterocycles. The molecule has 0 saturated heterocycles. The minimum absolute atomic E-state index is 0.155. The molecule has 1 rings (SSSR count). The van der Waals surface area contributed by atoms with Crippen LogP contribution in [-0.4, -0.2) is 22.2 Å². The Morgan fingerprint density at radius 1 is 1.25 bits per heavy atom. The normalized spacial score (nSPS) is 8.56. The van der Waals surface area contributed by atoms with E-state index in [0.29, 0.717) is 5.69 Å². The van der Waals surface area contributed by atoms with E-state index in [1.807, 2.05) is 0 Å². The predicted molar refractivity (Wildman–Crippen MR) is 60.3 cm³/mol. The molecule has 0 bridgehead atoms. The van der Waals surface area contributed by atoms with Crippen LogP contribution in [0.3, 0.4) is 0 Å². The van der Waals surface area contributed by atoms with Crippen LogP contribution in [0.1, 0.15) is 17.3 Å². The van der Waals surface area contributed by atoms with E-state index in [1.54, 1.807) is 18.2 Å². The van der Waals surface area contributed by atoms with Gasteiger partial charge in [-0.2, -0.15) is 0 Å². The van der Waals surface area contributed by atoms with Crippen molar-refractivity contribution in [2.45, 2.75) is 6.92 Å². The fourth-order valence-corrected chi connectivity index (χ4v) is 0.692. The highest BCUT2D eigenvalue weighted by Crippen LogP contribution is 2.08. The number of hydrogen-bond acceptors (Lipinski definition) is 3. The first-order valence-corrected chi connectivity index (χ1v) is 4.33. The van der Waals surface area contributed by atoms with Gasteiger partial charge in [-0.05, 0) is 19.1 Å². The maximum atomic E-state index is 10.3. The van der Waals surface area contributed by atoms with Gasteiger partial charge in [0.2, 0.25) is 0 Å². The lowest BCUT2D eigenvalue weighted by Crippen LogP contribution is -2.00. The molecule has 5 heteroatoms. The van der Waals surface area contributed by atoms with Gasteiger partial charge in [0.05, 0.1) is 5.56 Å². The summed E-state index contributed by atoms with van der Waals surface area (Å²) in [6.45, 7) is 4.60. The Morgan fingerprint density at radius 3 is 1.94 bits per heavy atom. The number of carboxylic acids is 2. The molecule has 0 heterocycles. The summed E-state index contributed by atoms with van der Waals surface area (Å²) in [6.07, 6.45) is 0. The lowest BCUT2D eigenvalue weighted by Gasteiger charge is -1.96. The molecular formula is C11H13NO4. The third kappa shape index (κ3) is 4.80. The van der Waals surface area contributed by atoms with Crippen molar-refractivity contribution >= 4 is 17.6 Å². The van der Waals surface area contributed by atoms with Crippen LogP contribution in [-0.2, 0) is 4.79 Å². The standard InChI is InChI=1S/C7H7NO2.C4H6O2/c8-6-4-2-1-3-5(6)7(9)10;1-3(2)4(5)6/h1-4H,8H2,(H,9,10);1H2,2H3,(H,5,6). The predicted octanol–water partition coefficient (Wildman–Crippen LogP) is 1.61. The van der Waals surface area contributed by atoms with E-state index in [4.69, 9.17) is 15.9 Å². The molecular weight excluding hydrogens is 210 g/mol. The summed E-state index contributed by atoms with van der Waals surface area (Å²) in [4.78, 5) is 19.9. The average Bonchev–Trinajstić information content (AvgIpc) is 2.18. The molecule has 0 saturated carbocycles. The van der Waals surface area contributed by atoms with E-state index in [9.17, 15) is 9.59 Å². The van der Waals surface area contributed by atoms with Crippen LogP contribution in [0.2, 0.25) is 0 Å². The van der Waals surface area contributed by atoms with Crippen molar-refractivity contribution in [1.29, 1.82) is 0 Å². The van der Waals surface area contributed by atoms with E-state index in [0.717, 1.165) is 0 Å². The summed E-state index contributed by atoms with van der Waals surface area (Å²) < 4.78 is 0. The molecule has 5 nitrogen and oxygen atoms in total. The van der Waals surface area contributed by atoms with Crippen LogP contribution in [0.15, 0.2) is 36.4 Å². The molecule has 0 unspecified atom stereocenters. The van der Waals surface area contributed by atoms with E-state index >= 15 is 0 Å². The molecule has 0 atom stereocenters. The summed E-state index contributed by atoms with van der Waals surface area (Å²) in [5.74, 6) is -1.92. The number of aromatic carboxylic acids is 1. The molecule has 86 valence electrons. The number of rotatable bonds is 2. The highest BCUT2D eigenvalue weighted by Gasteiger charge is 2.03. The molecule has 0 aliphatic carbocycles. The Labute approximate surface area is 92.8 Å².